The van der Waals surface area contributed by atoms with E-state index in [0.29, 0.717) is 23.2 Å². The van der Waals surface area contributed by atoms with Crippen molar-refractivity contribution in [2.24, 2.45) is 0 Å². The van der Waals surface area contributed by atoms with Gasteiger partial charge in [0.25, 0.3) is 5.56 Å². The van der Waals surface area contributed by atoms with Gasteiger partial charge >= 0.3 is 5.97 Å². The number of nitrogens with zero attached hydrogens (tertiary/aromatic N) is 2. The highest BCUT2D eigenvalue weighted by atomic mass is 79.9. The molecule has 0 aliphatic heterocycles. The summed E-state index contributed by atoms with van der Waals surface area (Å²) in [4.78, 5) is 24.7. The van der Waals surface area contributed by atoms with E-state index in [1.807, 2.05) is 37.3 Å². The molecule has 0 aliphatic carbocycles. The normalized spacial score (nSPS) is 11.2. The van der Waals surface area contributed by atoms with Crippen LogP contribution < -0.4 is 5.56 Å². The van der Waals surface area contributed by atoms with Crippen molar-refractivity contribution in [2.45, 2.75) is 19.8 Å². The minimum atomic E-state index is -0.409. The van der Waals surface area contributed by atoms with Crippen LogP contribution in [0.5, 0.6) is 0 Å². The Kier molecular flexibility index (Phi) is 6.19. The van der Waals surface area contributed by atoms with Gasteiger partial charge in [0.05, 0.1) is 23.9 Å². The molecule has 0 N–H and O–H groups in total. The molecule has 0 saturated heterocycles. The topological polar surface area (TPSA) is 61.2 Å². The largest absolute Gasteiger partial charge is 0.463 e. The van der Waals surface area contributed by atoms with Gasteiger partial charge in [0.2, 0.25) is 0 Å². The lowest BCUT2D eigenvalue weighted by Crippen LogP contribution is -2.21. The van der Waals surface area contributed by atoms with Gasteiger partial charge in [-0.15, -0.1) is 0 Å². The van der Waals surface area contributed by atoms with Crippen molar-refractivity contribution in [2.75, 3.05) is 6.61 Å². The number of carbonyl (C=O) groups excluding carboxylic acids is 1. The maximum absolute atomic E-state index is 12.9. The lowest BCUT2D eigenvalue weighted by Gasteiger charge is -2.10. The Morgan fingerprint density at radius 2 is 2.07 bits per heavy atom. The first-order valence-electron chi connectivity index (χ1n) is 8.72. The van der Waals surface area contributed by atoms with E-state index in [2.05, 4.69) is 21.0 Å². The number of unbranched alkanes of at least 4 members (excludes halogenated alkanes) is 1. The summed E-state index contributed by atoms with van der Waals surface area (Å²) in [7, 11) is 0. The Bertz CT molecular complexity index is 1060. The Labute approximate surface area is 165 Å². The van der Waals surface area contributed by atoms with Gasteiger partial charge in [0.15, 0.2) is 0 Å². The van der Waals surface area contributed by atoms with Gasteiger partial charge in [-0.05, 0) is 36.8 Å². The number of rotatable bonds is 6. The molecule has 3 rings (SSSR count). The van der Waals surface area contributed by atoms with E-state index >= 15 is 0 Å². The van der Waals surface area contributed by atoms with Crippen LogP contribution in [0.4, 0.5) is 0 Å². The van der Waals surface area contributed by atoms with E-state index in [1.165, 1.54) is 10.8 Å². The lowest BCUT2D eigenvalue weighted by atomic mass is 10.1. The summed E-state index contributed by atoms with van der Waals surface area (Å²) in [6, 6.07) is 12.8. The molecule has 0 unspecified atom stereocenters. The van der Waals surface area contributed by atoms with Gasteiger partial charge < -0.3 is 4.74 Å². The summed E-state index contributed by atoms with van der Waals surface area (Å²) in [6.07, 6.45) is 6.46. The SMILES string of the molecule is CCCCOC(=O)/C=C/c1cc(Br)ccc1-n1ncc2ccccc2c1=O. The zero-order chi connectivity index (χ0) is 19.2. The number of carbonyl (C=O) groups is 1. The maximum atomic E-state index is 12.9. The van der Waals surface area contributed by atoms with Crippen LogP contribution in [0, 0.1) is 0 Å². The molecule has 0 saturated carbocycles. The minimum Gasteiger partial charge on any atom is -0.463 e. The molecule has 0 amide bonds. The summed E-state index contributed by atoms with van der Waals surface area (Å²) >= 11 is 3.43. The molecule has 0 atom stereocenters. The van der Waals surface area contributed by atoms with E-state index < -0.39 is 5.97 Å². The summed E-state index contributed by atoms with van der Waals surface area (Å²) in [5.74, 6) is -0.409. The summed E-state index contributed by atoms with van der Waals surface area (Å²) in [5.41, 5.74) is 1.06. The molecule has 0 aliphatic rings. The molecule has 5 nitrogen and oxygen atoms in total. The average Bonchev–Trinajstić information content (AvgIpc) is 2.68. The second-order valence-corrected chi connectivity index (χ2v) is 6.92. The highest BCUT2D eigenvalue weighted by Crippen LogP contribution is 2.21. The van der Waals surface area contributed by atoms with Crippen molar-refractivity contribution >= 4 is 38.7 Å². The number of halogens is 1. The number of hydrogen-bond acceptors (Lipinski definition) is 4. The molecule has 6 heteroatoms. The third-order valence-electron chi connectivity index (χ3n) is 4.05. The minimum absolute atomic E-state index is 0.212. The second-order valence-electron chi connectivity index (χ2n) is 6.01. The van der Waals surface area contributed by atoms with Gasteiger partial charge in [0, 0.05) is 21.5 Å². The first kappa shape index (κ1) is 19.0. The highest BCUT2D eigenvalue weighted by molar-refractivity contribution is 9.10. The standard InChI is InChI=1S/C21H19BrN2O3/c1-2-3-12-27-20(25)11-8-15-13-17(22)9-10-19(15)24-21(26)18-7-5-4-6-16(18)14-23-24/h4-11,13-14H,2-3,12H2,1H3/b11-8+. The molecule has 0 radical (unpaired) electrons. The Morgan fingerprint density at radius 3 is 2.89 bits per heavy atom. The van der Waals surface area contributed by atoms with Crippen LogP contribution in [0.15, 0.2) is 64.0 Å². The monoisotopic (exact) mass is 426 g/mol. The maximum Gasteiger partial charge on any atom is 0.330 e. The van der Waals surface area contributed by atoms with Gasteiger partial charge in [-0.1, -0.05) is 47.5 Å². The van der Waals surface area contributed by atoms with Gasteiger partial charge in [-0.25, -0.2) is 4.79 Å². The van der Waals surface area contributed by atoms with E-state index in [1.54, 1.807) is 24.4 Å². The zero-order valence-corrected chi connectivity index (χ0v) is 16.5. The number of hydrogen-bond donors (Lipinski definition) is 0. The molecule has 138 valence electrons. The predicted molar refractivity (Wildman–Crippen MR) is 110 cm³/mol. The second kappa shape index (κ2) is 8.77. The molecule has 27 heavy (non-hydrogen) atoms. The first-order valence-corrected chi connectivity index (χ1v) is 9.51. The third-order valence-corrected chi connectivity index (χ3v) is 4.55. The van der Waals surface area contributed by atoms with Crippen molar-refractivity contribution < 1.29 is 9.53 Å². The van der Waals surface area contributed by atoms with Crippen LogP contribution in [0.3, 0.4) is 0 Å². The zero-order valence-electron chi connectivity index (χ0n) is 14.9. The van der Waals surface area contributed by atoms with Gasteiger partial charge in [-0.2, -0.15) is 9.78 Å². The summed E-state index contributed by atoms with van der Waals surface area (Å²) < 4.78 is 7.32. The quantitative estimate of drug-likeness (QED) is 0.330. The van der Waals surface area contributed by atoms with Crippen molar-refractivity contribution in [3.63, 3.8) is 0 Å². The number of benzene rings is 2. The van der Waals surface area contributed by atoms with Crippen LogP contribution in [-0.2, 0) is 9.53 Å². The Morgan fingerprint density at radius 1 is 1.26 bits per heavy atom. The lowest BCUT2D eigenvalue weighted by molar-refractivity contribution is -0.137. The molecular weight excluding hydrogens is 408 g/mol. The van der Waals surface area contributed by atoms with Crippen LogP contribution in [-0.4, -0.2) is 22.4 Å². The number of esters is 1. The highest BCUT2D eigenvalue weighted by Gasteiger charge is 2.10. The molecular formula is C21H19BrN2O3. The fraction of sp³-hybridized carbons (Fsp3) is 0.190. The molecule has 0 spiro atoms. The van der Waals surface area contributed by atoms with E-state index in [9.17, 15) is 9.59 Å². The number of ether oxygens (including phenoxy) is 1. The van der Waals surface area contributed by atoms with Crippen LogP contribution in [0.1, 0.15) is 25.3 Å². The number of fused-ring (bicyclic) bond motifs is 1. The fourth-order valence-electron chi connectivity index (χ4n) is 2.64. The number of aromatic nitrogens is 2. The van der Waals surface area contributed by atoms with Crippen molar-refractivity contribution in [1.29, 1.82) is 0 Å². The Hall–Kier alpha value is -2.73. The molecule has 1 heterocycles. The Balaban J connectivity index is 1.99. The van der Waals surface area contributed by atoms with Gasteiger partial charge in [0.1, 0.15) is 0 Å². The summed E-state index contributed by atoms with van der Waals surface area (Å²) in [5, 5.41) is 5.67. The molecule has 3 aromatic rings. The first-order chi connectivity index (χ1) is 13.1. The molecule has 0 bridgehead atoms. The van der Waals surface area contributed by atoms with Crippen molar-refractivity contribution in [3.8, 4) is 5.69 Å². The average molecular weight is 427 g/mol. The predicted octanol–water partition coefficient (Wildman–Crippen LogP) is 4.50. The van der Waals surface area contributed by atoms with Crippen LogP contribution >= 0.6 is 15.9 Å². The van der Waals surface area contributed by atoms with E-state index in [-0.39, 0.29) is 5.56 Å². The fourth-order valence-corrected chi connectivity index (χ4v) is 3.02. The van der Waals surface area contributed by atoms with Crippen LogP contribution in [0.2, 0.25) is 0 Å². The molecule has 0 fully saturated rings. The van der Waals surface area contributed by atoms with Crippen molar-refractivity contribution in [3.05, 3.63) is 75.1 Å². The molecule has 1 aromatic heterocycles. The van der Waals surface area contributed by atoms with Crippen LogP contribution in [0.25, 0.3) is 22.5 Å². The smallest absolute Gasteiger partial charge is 0.330 e. The van der Waals surface area contributed by atoms with Crippen molar-refractivity contribution in [1.82, 2.24) is 9.78 Å². The van der Waals surface area contributed by atoms with E-state index in [0.717, 1.165) is 22.7 Å². The third kappa shape index (κ3) is 4.52. The summed E-state index contributed by atoms with van der Waals surface area (Å²) in [6.45, 7) is 2.43. The molecule has 2 aromatic carbocycles. The van der Waals surface area contributed by atoms with Gasteiger partial charge in [-0.3, -0.25) is 4.79 Å². The van der Waals surface area contributed by atoms with E-state index in [4.69, 9.17) is 4.74 Å².